The lowest BCUT2D eigenvalue weighted by atomic mass is 10.1. The summed E-state index contributed by atoms with van der Waals surface area (Å²) in [4.78, 5) is 18.4. The minimum atomic E-state index is -0.168. The second kappa shape index (κ2) is 8.87. The summed E-state index contributed by atoms with van der Waals surface area (Å²) in [6.07, 6.45) is 1.72. The zero-order valence-corrected chi connectivity index (χ0v) is 20.7. The Kier molecular flexibility index (Phi) is 5.73. The van der Waals surface area contributed by atoms with Gasteiger partial charge in [-0.3, -0.25) is 9.20 Å². The molecule has 5 rings (SSSR count). The Morgan fingerprint density at radius 2 is 1.63 bits per heavy atom. The molecule has 35 heavy (non-hydrogen) atoms. The normalized spacial score (nSPS) is 11.2. The van der Waals surface area contributed by atoms with E-state index >= 15 is 0 Å². The third-order valence-corrected chi connectivity index (χ3v) is 6.25. The van der Waals surface area contributed by atoms with Crippen molar-refractivity contribution in [2.75, 3.05) is 0 Å². The largest absolute Gasteiger partial charge is 0.485 e. The number of hydrogen-bond acceptors (Lipinski definition) is 4. The first-order chi connectivity index (χ1) is 16.8. The summed E-state index contributed by atoms with van der Waals surface area (Å²) < 4.78 is 9.50. The van der Waals surface area contributed by atoms with Gasteiger partial charge in [0.15, 0.2) is 11.4 Å². The maximum Gasteiger partial charge on any atom is 0.267 e. The van der Waals surface area contributed by atoms with E-state index in [-0.39, 0.29) is 5.56 Å². The second-order valence-corrected chi connectivity index (χ2v) is 9.09. The third-order valence-electron chi connectivity index (χ3n) is 6.25. The predicted molar refractivity (Wildman–Crippen MR) is 138 cm³/mol. The molecule has 0 fully saturated rings. The van der Waals surface area contributed by atoms with Crippen LogP contribution in [0.25, 0.3) is 22.6 Å². The molecule has 176 valence electrons. The lowest BCUT2D eigenvalue weighted by Crippen LogP contribution is -2.19. The van der Waals surface area contributed by atoms with E-state index in [9.17, 15) is 4.79 Å². The van der Waals surface area contributed by atoms with Gasteiger partial charge in [0.1, 0.15) is 12.3 Å². The van der Waals surface area contributed by atoms with Gasteiger partial charge in [-0.2, -0.15) is 5.10 Å². The third kappa shape index (κ3) is 4.23. The summed E-state index contributed by atoms with van der Waals surface area (Å²) in [7, 11) is 0. The number of fused-ring (bicyclic) bond motifs is 1. The summed E-state index contributed by atoms with van der Waals surface area (Å²) in [6, 6.07) is 20.1. The van der Waals surface area contributed by atoms with Gasteiger partial charge < -0.3 is 4.74 Å². The quantitative estimate of drug-likeness (QED) is 0.336. The molecule has 0 saturated heterocycles. The highest BCUT2D eigenvalue weighted by Crippen LogP contribution is 2.25. The number of pyridine rings is 1. The number of benzene rings is 2. The molecule has 0 aliphatic heterocycles. The Bertz CT molecular complexity index is 1610. The SMILES string of the molecule is Cc1ccc(COc2cccn3c(=O)c(-c4cc(C)n(-c5cc(C)ccc5C)n4)c(C)nc23)cc1. The molecule has 0 aliphatic rings. The standard InChI is InChI=1S/C29H28N4O2/c1-18-9-12-23(13-10-18)17-35-26-7-6-14-32-28(26)30-22(5)27(29(32)34)24-16-21(4)33(31-24)25-15-19(2)8-11-20(25)3/h6-16H,17H2,1-5H3. The first-order valence-corrected chi connectivity index (χ1v) is 11.7. The number of nitrogens with zero attached hydrogens (tertiary/aromatic N) is 4. The van der Waals surface area contributed by atoms with Gasteiger partial charge in [0.25, 0.3) is 5.56 Å². The van der Waals surface area contributed by atoms with Gasteiger partial charge in [-0.25, -0.2) is 9.67 Å². The molecule has 3 heterocycles. The van der Waals surface area contributed by atoms with Crippen molar-refractivity contribution >= 4 is 5.65 Å². The van der Waals surface area contributed by atoms with Crippen molar-refractivity contribution in [3.8, 4) is 22.7 Å². The van der Waals surface area contributed by atoms with Crippen LogP contribution in [-0.4, -0.2) is 19.2 Å². The number of hydrogen-bond donors (Lipinski definition) is 0. The smallest absolute Gasteiger partial charge is 0.267 e. The predicted octanol–water partition coefficient (Wildman–Crippen LogP) is 5.67. The van der Waals surface area contributed by atoms with Crippen LogP contribution in [-0.2, 0) is 6.61 Å². The van der Waals surface area contributed by atoms with Gasteiger partial charge in [-0.05, 0) is 75.6 Å². The Labute approximate surface area is 204 Å². The van der Waals surface area contributed by atoms with Crippen LogP contribution in [0.4, 0.5) is 0 Å². The van der Waals surface area contributed by atoms with E-state index < -0.39 is 0 Å². The second-order valence-electron chi connectivity index (χ2n) is 9.09. The highest BCUT2D eigenvalue weighted by Gasteiger charge is 2.19. The highest BCUT2D eigenvalue weighted by molar-refractivity contribution is 5.66. The van der Waals surface area contributed by atoms with Gasteiger partial charge in [0.05, 0.1) is 16.9 Å². The maximum atomic E-state index is 13.6. The number of ether oxygens (including phenoxy) is 1. The topological polar surface area (TPSA) is 61.4 Å². The Balaban J connectivity index is 1.56. The molecule has 0 atom stereocenters. The van der Waals surface area contributed by atoms with Gasteiger partial charge >= 0.3 is 0 Å². The van der Waals surface area contributed by atoms with Gasteiger partial charge in [-0.15, -0.1) is 0 Å². The molecule has 2 aromatic carbocycles. The van der Waals surface area contributed by atoms with E-state index in [1.165, 1.54) is 5.56 Å². The number of aromatic nitrogens is 4. The van der Waals surface area contributed by atoms with E-state index in [4.69, 9.17) is 14.8 Å². The molecular weight excluding hydrogens is 436 g/mol. The Hall–Kier alpha value is -4.19. The van der Waals surface area contributed by atoms with Crippen molar-refractivity contribution in [2.24, 2.45) is 0 Å². The van der Waals surface area contributed by atoms with Crippen LogP contribution >= 0.6 is 0 Å². The zero-order chi connectivity index (χ0) is 24.7. The van der Waals surface area contributed by atoms with Crippen LogP contribution in [0.2, 0.25) is 0 Å². The average molecular weight is 465 g/mol. The van der Waals surface area contributed by atoms with E-state index in [2.05, 4.69) is 51.1 Å². The van der Waals surface area contributed by atoms with E-state index in [1.807, 2.05) is 42.8 Å². The Morgan fingerprint density at radius 1 is 0.886 bits per heavy atom. The summed E-state index contributed by atoms with van der Waals surface area (Å²) in [5.41, 5.74) is 8.54. The van der Waals surface area contributed by atoms with Crippen LogP contribution in [0.1, 0.15) is 33.6 Å². The van der Waals surface area contributed by atoms with Gasteiger partial charge in [-0.1, -0.05) is 42.0 Å². The first-order valence-electron chi connectivity index (χ1n) is 11.7. The molecule has 6 nitrogen and oxygen atoms in total. The lowest BCUT2D eigenvalue weighted by molar-refractivity contribution is 0.308. The maximum absolute atomic E-state index is 13.6. The Morgan fingerprint density at radius 3 is 2.40 bits per heavy atom. The molecular formula is C29H28N4O2. The molecule has 0 unspecified atom stereocenters. The van der Waals surface area contributed by atoms with Crippen LogP contribution in [0.15, 0.2) is 71.7 Å². The fourth-order valence-corrected chi connectivity index (χ4v) is 4.28. The van der Waals surface area contributed by atoms with Crippen molar-refractivity contribution < 1.29 is 4.74 Å². The molecule has 0 radical (unpaired) electrons. The van der Waals surface area contributed by atoms with E-state index in [0.717, 1.165) is 28.1 Å². The van der Waals surface area contributed by atoms with Crippen molar-refractivity contribution in [1.29, 1.82) is 0 Å². The summed E-state index contributed by atoms with van der Waals surface area (Å²) in [5, 5.41) is 4.82. The molecule has 3 aromatic heterocycles. The molecule has 0 N–H and O–H groups in total. The van der Waals surface area contributed by atoms with Crippen molar-refractivity contribution in [2.45, 2.75) is 41.2 Å². The average Bonchev–Trinajstić information content (AvgIpc) is 3.21. The van der Waals surface area contributed by atoms with Crippen molar-refractivity contribution in [3.63, 3.8) is 0 Å². The van der Waals surface area contributed by atoms with Crippen LogP contribution in [0.3, 0.4) is 0 Å². The van der Waals surface area contributed by atoms with Crippen LogP contribution < -0.4 is 10.3 Å². The van der Waals surface area contributed by atoms with Crippen LogP contribution in [0.5, 0.6) is 5.75 Å². The van der Waals surface area contributed by atoms with E-state index in [1.54, 1.807) is 16.7 Å². The summed E-state index contributed by atoms with van der Waals surface area (Å²) in [5.74, 6) is 0.567. The van der Waals surface area contributed by atoms with Crippen molar-refractivity contribution in [1.82, 2.24) is 19.2 Å². The van der Waals surface area contributed by atoms with Crippen LogP contribution in [0, 0.1) is 34.6 Å². The van der Waals surface area contributed by atoms with Gasteiger partial charge in [0, 0.05) is 11.9 Å². The van der Waals surface area contributed by atoms with Crippen molar-refractivity contribution in [3.05, 3.63) is 111 Å². The molecule has 0 amide bonds. The van der Waals surface area contributed by atoms with E-state index in [0.29, 0.717) is 35.0 Å². The molecule has 0 spiro atoms. The van der Waals surface area contributed by atoms with Gasteiger partial charge in [0.2, 0.25) is 0 Å². The number of rotatable bonds is 5. The summed E-state index contributed by atoms with van der Waals surface area (Å²) >= 11 is 0. The minimum absolute atomic E-state index is 0.168. The molecule has 0 bridgehead atoms. The first kappa shape index (κ1) is 22.6. The highest BCUT2D eigenvalue weighted by atomic mass is 16.5. The minimum Gasteiger partial charge on any atom is -0.485 e. The molecule has 0 aliphatic carbocycles. The number of aryl methyl sites for hydroxylation is 5. The fourth-order valence-electron chi connectivity index (χ4n) is 4.28. The fraction of sp³-hybridized carbons (Fsp3) is 0.207. The zero-order valence-electron chi connectivity index (χ0n) is 20.7. The lowest BCUT2D eigenvalue weighted by Gasteiger charge is -2.12. The molecule has 6 heteroatoms. The monoisotopic (exact) mass is 464 g/mol. The molecule has 0 saturated carbocycles. The molecule has 5 aromatic rings. The summed E-state index contributed by atoms with van der Waals surface area (Å²) in [6.45, 7) is 10.4.